The lowest BCUT2D eigenvalue weighted by atomic mass is 10.2. The van der Waals surface area contributed by atoms with Gasteiger partial charge in [-0.1, -0.05) is 0 Å². The van der Waals surface area contributed by atoms with Gasteiger partial charge in [0, 0.05) is 36.3 Å². The summed E-state index contributed by atoms with van der Waals surface area (Å²) in [6, 6.07) is 7.39. The minimum atomic E-state index is -0.546. The second-order valence-electron chi connectivity index (χ2n) is 7.35. The van der Waals surface area contributed by atoms with Gasteiger partial charge in [0.2, 0.25) is 0 Å². The summed E-state index contributed by atoms with van der Waals surface area (Å²) in [5.41, 5.74) is 1.26. The Morgan fingerprint density at radius 1 is 1.26 bits per heavy atom. The van der Waals surface area contributed by atoms with Gasteiger partial charge in [-0.05, 0) is 57.1 Å². The Labute approximate surface area is 184 Å². The highest BCUT2D eigenvalue weighted by molar-refractivity contribution is 7.13. The number of nitrogens with one attached hydrogen (secondary N) is 2. The smallest absolute Gasteiger partial charge is 0.251 e. The monoisotopic (exact) mass is 441 g/mol. The topological polar surface area (TPSA) is 79.4 Å². The highest BCUT2D eigenvalue weighted by atomic mass is 32.1. The lowest BCUT2D eigenvalue weighted by Crippen LogP contribution is -2.33. The van der Waals surface area contributed by atoms with Crippen molar-refractivity contribution in [3.05, 3.63) is 59.0 Å². The summed E-state index contributed by atoms with van der Waals surface area (Å²) in [7, 11) is 0. The van der Waals surface area contributed by atoms with E-state index in [1.165, 1.54) is 42.4 Å². The van der Waals surface area contributed by atoms with E-state index in [0.717, 1.165) is 25.3 Å². The van der Waals surface area contributed by atoms with Crippen LogP contribution < -0.4 is 15.4 Å². The molecule has 1 fully saturated rings. The van der Waals surface area contributed by atoms with Gasteiger partial charge in [0.25, 0.3) is 5.91 Å². The molecule has 31 heavy (non-hydrogen) atoms. The zero-order chi connectivity index (χ0) is 21.6. The number of hydrogen-bond acceptors (Lipinski definition) is 7. The van der Waals surface area contributed by atoms with Gasteiger partial charge in [0.05, 0.1) is 5.69 Å². The molecule has 2 aromatic heterocycles. The molecule has 3 aromatic rings. The number of halogens is 1. The molecular formula is C22H24FN5O2S. The van der Waals surface area contributed by atoms with E-state index in [9.17, 15) is 9.18 Å². The van der Waals surface area contributed by atoms with Crippen LogP contribution in [0.4, 0.5) is 15.3 Å². The van der Waals surface area contributed by atoms with Crippen molar-refractivity contribution in [1.82, 2.24) is 20.2 Å². The SMILES string of the molecule is Cc1csc(Nc2cc(Oc3cc(C(=O)NCCN4CCCC4)ccc3F)ccn2)n1. The number of ether oxygens (including phenoxy) is 1. The molecule has 7 nitrogen and oxygen atoms in total. The van der Waals surface area contributed by atoms with E-state index in [2.05, 4.69) is 25.5 Å². The number of benzene rings is 1. The van der Waals surface area contributed by atoms with Crippen molar-refractivity contribution in [1.29, 1.82) is 0 Å². The van der Waals surface area contributed by atoms with Crippen LogP contribution in [0, 0.1) is 12.7 Å². The van der Waals surface area contributed by atoms with E-state index in [1.54, 1.807) is 18.3 Å². The number of rotatable bonds is 8. The molecule has 0 spiro atoms. The van der Waals surface area contributed by atoms with Gasteiger partial charge in [-0.2, -0.15) is 0 Å². The molecular weight excluding hydrogens is 417 g/mol. The first-order valence-corrected chi connectivity index (χ1v) is 11.1. The Morgan fingerprint density at radius 3 is 2.87 bits per heavy atom. The van der Waals surface area contributed by atoms with Crippen molar-refractivity contribution in [2.75, 3.05) is 31.5 Å². The number of anilines is 2. The number of amides is 1. The number of likely N-dealkylation sites (tertiary alicyclic amines) is 1. The first-order valence-electron chi connectivity index (χ1n) is 10.2. The molecule has 1 aliphatic rings. The molecule has 0 bridgehead atoms. The van der Waals surface area contributed by atoms with Gasteiger partial charge < -0.3 is 20.3 Å². The first kappa shape index (κ1) is 21.2. The van der Waals surface area contributed by atoms with Crippen molar-refractivity contribution in [3.63, 3.8) is 0 Å². The third-order valence-electron chi connectivity index (χ3n) is 4.92. The van der Waals surface area contributed by atoms with Crippen LogP contribution in [0.25, 0.3) is 0 Å². The van der Waals surface area contributed by atoms with Crippen LogP contribution >= 0.6 is 11.3 Å². The van der Waals surface area contributed by atoms with Crippen molar-refractivity contribution >= 4 is 28.2 Å². The first-order chi connectivity index (χ1) is 15.1. The molecule has 1 saturated heterocycles. The van der Waals surface area contributed by atoms with Gasteiger partial charge in [0.1, 0.15) is 11.6 Å². The zero-order valence-electron chi connectivity index (χ0n) is 17.2. The van der Waals surface area contributed by atoms with Crippen molar-refractivity contribution < 1.29 is 13.9 Å². The van der Waals surface area contributed by atoms with Crippen LogP contribution in [0.1, 0.15) is 28.9 Å². The Kier molecular flexibility index (Phi) is 6.73. The van der Waals surface area contributed by atoms with Crippen molar-refractivity contribution in [2.24, 2.45) is 0 Å². The number of thiazole rings is 1. The minimum Gasteiger partial charge on any atom is -0.454 e. The second kappa shape index (κ2) is 9.84. The Hall–Kier alpha value is -3.04. The van der Waals surface area contributed by atoms with E-state index in [-0.39, 0.29) is 11.7 Å². The molecule has 2 N–H and O–H groups in total. The van der Waals surface area contributed by atoms with Gasteiger partial charge in [0.15, 0.2) is 16.7 Å². The maximum Gasteiger partial charge on any atom is 0.251 e. The van der Waals surface area contributed by atoms with Crippen LogP contribution in [-0.2, 0) is 0 Å². The average Bonchev–Trinajstić information content (AvgIpc) is 3.41. The molecule has 4 rings (SSSR count). The molecule has 0 unspecified atom stereocenters. The largest absolute Gasteiger partial charge is 0.454 e. The second-order valence-corrected chi connectivity index (χ2v) is 8.21. The summed E-state index contributed by atoms with van der Waals surface area (Å²) in [4.78, 5) is 23.3. The fourth-order valence-electron chi connectivity index (χ4n) is 3.35. The number of aromatic nitrogens is 2. The average molecular weight is 442 g/mol. The van der Waals surface area contributed by atoms with E-state index < -0.39 is 5.82 Å². The predicted octanol–water partition coefficient (Wildman–Crippen LogP) is 4.35. The third-order valence-corrected chi connectivity index (χ3v) is 5.79. The van der Waals surface area contributed by atoms with Crippen LogP contribution in [0.2, 0.25) is 0 Å². The van der Waals surface area contributed by atoms with E-state index >= 15 is 0 Å². The molecule has 0 aliphatic carbocycles. The van der Waals surface area contributed by atoms with Crippen molar-refractivity contribution in [3.8, 4) is 11.5 Å². The Balaban J connectivity index is 1.40. The summed E-state index contributed by atoms with van der Waals surface area (Å²) in [5.74, 6) is 0.115. The summed E-state index contributed by atoms with van der Waals surface area (Å²) in [5, 5.41) is 8.63. The van der Waals surface area contributed by atoms with Crippen LogP contribution in [0.3, 0.4) is 0 Å². The normalized spacial score (nSPS) is 13.9. The molecule has 9 heteroatoms. The van der Waals surface area contributed by atoms with Gasteiger partial charge in [-0.15, -0.1) is 11.3 Å². The molecule has 1 aliphatic heterocycles. The quantitative estimate of drug-likeness (QED) is 0.541. The fraction of sp³-hybridized carbons (Fsp3) is 0.318. The van der Waals surface area contributed by atoms with Gasteiger partial charge >= 0.3 is 0 Å². The Morgan fingerprint density at radius 2 is 2.10 bits per heavy atom. The molecule has 0 saturated carbocycles. The van der Waals surface area contributed by atoms with Gasteiger partial charge in [-0.25, -0.2) is 14.4 Å². The summed E-state index contributed by atoms with van der Waals surface area (Å²) in [6.07, 6.45) is 3.98. The van der Waals surface area contributed by atoms with Crippen molar-refractivity contribution in [2.45, 2.75) is 19.8 Å². The maximum absolute atomic E-state index is 14.3. The molecule has 1 amide bonds. The number of hydrogen-bond donors (Lipinski definition) is 2. The number of pyridine rings is 1. The van der Waals surface area contributed by atoms with Crippen LogP contribution in [-0.4, -0.2) is 47.0 Å². The van der Waals surface area contributed by atoms with Crippen LogP contribution in [0.15, 0.2) is 41.9 Å². The van der Waals surface area contributed by atoms with E-state index in [4.69, 9.17) is 4.74 Å². The summed E-state index contributed by atoms with van der Waals surface area (Å²) < 4.78 is 20.0. The Bertz CT molecular complexity index is 1050. The summed E-state index contributed by atoms with van der Waals surface area (Å²) >= 11 is 1.47. The lowest BCUT2D eigenvalue weighted by Gasteiger charge is -2.15. The standard InChI is InChI=1S/C22H24FN5O2S/c1-15-14-31-22(26-15)27-20-13-17(6-7-24-20)30-19-12-16(4-5-18(19)23)21(29)25-8-11-28-9-2-3-10-28/h4-7,12-14H,2-3,8-11H2,1H3,(H,25,29)(H,24,26,27). The molecule has 0 radical (unpaired) electrons. The highest BCUT2D eigenvalue weighted by Gasteiger charge is 2.14. The molecule has 3 heterocycles. The van der Waals surface area contributed by atoms with E-state index in [1.807, 2.05) is 12.3 Å². The lowest BCUT2D eigenvalue weighted by molar-refractivity contribution is 0.0949. The fourth-order valence-corrected chi connectivity index (χ4v) is 4.04. The summed E-state index contributed by atoms with van der Waals surface area (Å²) in [6.45, 7) is 5.45. The zero-order valence-corrected chi connectivity index (χ0v) is 18.0. The molecule has 162 valence electrons. The third kappa shape index (κ3) is 5.77. The van der Waals surface area contributed by atoms with Crippen LogP contribution in [0.5, 0.6) is 11.5 Å². The number of carbonyl (C=O) groups is 1. The van der Waals surface area contributed by atoms with Gasteiger partial charge in [-0.3, -0.25) is 4.79 Å². The molecule has 0 atom stereocenters. The van der Waals surface area contributed by atoms with E-state index in [0.29, 0.717) is 28.8 Å². The number of carbonyl (C=O) groups excluding carboxylic acids is 1. The number of aryl methyl sites for hydroxylation is 1. The minimum absolute atomic E-state index is 0.0190. The number of nitrogens with zero attached hydrogens (tertiary/aromatic N) is 3. The molecule has 1 aromatic carbocycles. The maximum atomic E-state index is 14.3. The highest BCUT2D eigenvalue weighted by Crippen LogP contribution is 2.28. The predicted molar refractivity (Wildman–Crippen MR) is 119 cm³/mol.